The number of carbonyl (C=O) groups is 1. The predicted molar refractivity (Wildman–Crippen MR) is 87.3 cm³/mol. The Bertz CT molecular complexity index is 720. The number of anilines is 1. The number of hydrogen-bond acceptors (Lipinski definition) is 4. The van der Waals surface area contributed by atoms with Crippen molar-refractivity contribution in [3.8, 4) is 0 Å². The lowest BCUT2D eigenvalue weighted by Gasteiger charge is -2.31. The molecule has 0 aromatic heterocycles. The minimum Gasteiger partial charge on any atom is -0.326 e. The molecule has 0 spiro atoms. The number of nitrogens with one attached hydrogen (secondary N) is 2. The van der Waals surface area contributed by atoms with Crippen molar-refractivity contribution in [2.24, 2.45) is 0 Å². The van der Waals surface area contributed by atoms with E-state index < -0.39 is 10.0 Å². The zero-order valence-corrected chi connectivity index (χ0v) is 14.6. The number of halogens is 1. The average Bonchev–Trinajstić information content (AvgIpc) is 2.47. The minimum absolute atomic E-state index is 0.0750. The van der Waals surface area contributed by atoms with Crippen LogP contribution >= 0.6 is 15.9 Å². The normalized spacial score (nSPS) is 23.0. The molecule has 0 radical (unpaired) electrons. The summed E-state index contributed by atoms with van der Waals surface area (Å²) in [6, 6.07) is 3.49. The van der Waals surface area contributed by atoms with Gasteiger partial charge in [0, 0.05) is 42.3 Å². The van der Waals surface area contributed by atoms with Crippen LogP contribution in [0, 0.1) is 0 Å². The fourth-order valence-corrected chi connectivity index (χ4v) is 5.44. The van der Waals surface area contributed by atoms with E-state index in [2.05, 4.69) is 26.6 Å². The van der Waals surface area contributed by atoms with Crippen LogP contribution in [0.5, 0.6) is 0 Å². The van der Waals surface area contributed by atoms with Crippen LogP contribution in [-0.4, -0.2) is 44.3 Å². The zero-order valence-electron chi connectivity index (χ0n) is 12.2. The van der Waals surface area contributed by atoms with Crippen LogP contribution in [0.25, 0.3) is 0 Å². The summed E-state index contributed by atoms with van der Waals surface area (Å²) in [7, 11) is -3.58. The smallest absolute Gasteiger partial charge is 0.244 e. The maximum atomic E-state index is 12.9. The average molecular weight is 388 g/mol. The highest BCUT2D eigenvalue weighted by Gasteiger charge is 2.31. The quantitative estimate of drug-likeness (QED) is 0.801. The highest BCUT2D eigenvalue weighted by atomic mass is 79.9. The lowest BCUT2D eigenvalue weighted by Crippen LogP contribution is -2.51. The molecule has 3 rings (SSSR count). The first-order valence-electron chi connectivity index (χ1n) is 7.24. The largest absolute Gasteiger partial charge is 0.326 e. The van der Waals surface area contributed by atoms with E-state index in [0.29, 0.717) is 42.6 Å². The van der Waals surface area contributed by atoms with E-state index >= 15 is 0 Å². The van der Waals surface area contributed by atoms with Crippen LogP contribution < -0.4 is 10.6 Å². The highest BCUT2D eigenvalue weighted by molar-refractivity contribution is 9.10. The lowest BCUT2D eigenvalue weighted by molar-refractivity contribution is -0.116. The summed E-state index contributed by atoms with van der Waals surface area (Å²) < 4.78 is 27.8. The van der Waals surface area contributed by atoms with Crippen molar-refractivity contribution in [3.63, 3.8) is 0 Å². The number of carbonyl (C=O) groups excluding carboxylic acids is 1. The van der Waals surface area contributed by atoms with E-state index in [-0.39, 0.29) is 16.8 Å². The van der Waals surface area contributed by atoms with Gasteiger partial charge in [-0.25, -0.2) is 8.42 Å². The van der Waals surface area contributed by atoms with Gasteiger partial charge in [-0.15, -0.1) is 0 Å². The molecule has 1 amide bonds. The molecule has 6 nitrogen and oxygen atoms in total. The number of fused-ring (bicyclic) bond motifs is 1. The fourth-order valence-electron chi connectivity index (χ4n) is 2.83. The van der Waals surface area contributed by atoms with Crippen molar-refractivity contribution in [2.75, 3.05) is 25.0 Å². The van der Waals surface area contributed by atoms with E-state index in [0.717, 1.165) is 5.56 Å². The van der Waals surface area contributed by atoms with Crippen molar-refractivity contribution in [3.05, 3.63) is 22.2 Å². The molecule has 1 aromatic carbocycles. The predicted octanol–water partition coefficient (Wildman–Crippen LogP) is 1.32. The van der Waals surface area contributed by atoms with Crippen molar-refractivity contribution in [2.45, 2.75) is 30.7 Å². The maximum absolute atomic E-state index is 12.9. The van der Waals surface area contributed by atoms with Gasteiger partial charge in [0.25, 0.3) is 0 Å². The van der Waals surface area contributed by atoms with Gasteiger partial charge in [0.2, 0.25) is 15.9 Å². The number of sulfonamides is 1. The molecular formula is C14H18BrN3O3S. The molecule has 0 saturated carbocycles. The third-order valence-corrected chi connectivity index (χ3v) is 6.83. The summed E-state index contributed by atoms with van der Waals surface area (Å²) in [6.07, 6.45) is 1.06. The second-order valence-electron chi connectivity index (χ2n) is 5.71. The van der Waals surface area contributed by atoms with Gasteiger partial charge in [-0.3, -0.25) is 4.79 Å². The van der Waals surface area contributed by atoms with E-state index in [1.807, 2.05) is 6.92 Å². The molecule has 2 aliphatic rings. The summed E-state index contributed by atoms with van der Waals surface area (Å²) in [5.41, 5.74) is 1.56. The van der Waals surface area contributed by atoms with E-state index in [1.165, 1.54) is 4.31 Å². The van der Waals surface area contributed by atoms with E-state index in [1.54, 1.807) is 12.1 Å². The molecule has 1 aromatic rings. The molecule has 1 fully saturated rings. The second-order valence-corrected chi connectivity index (χ2v) is 8.47. The Morgan fingerprint density at radius 2 is 2.09 bits per heavy atom. The summed E-state index contributed by atoms with van der Waals surface area (Å²) in [5, 5.41) is 5.99. The van der Waals surface area contributed by atoms with Crippen molar-refractivity contribution in [1.29, 1.82) is 0 Å². The lowest BCUT2D eigenvalue weighted by atomic mass is 10.0. The molecule has 120 valence electrons. The third-order valence-electron chi connectivity index (χ3n) is 4.00. The van der Waals surface area contributed by atoms with E-state index in [9.17, 15) is 13.2 Å². The number of nitrogens with zero attached hydrogens (tertiary/aromatic N) is 1. The zero-order chi connectivity index (χ0) is 15.9. The molecule has 1 saturated heterocycles. The van der Waals surface area contributed by atoms with Gasteiger partial charge in [0.15, 0.2) is 0 Å². The number of piperazine rings is 1. The summed E-state index contributed by atoms with van der Waals surface area (Å²) in [4.78, 5) is 11.7. The first-order valence-corrected chi connectivity index (χ1v) is 9.47. The molecule has 8 heteroatoms. The molecule has 0 bridgehead atoms. The standard InChI is InChI=1S/C14H18BrN3O3S/c1-9-8-18(5-4-16-9)22(20,21)13-7-12-10(6-11(13)15)2-3-14(19)17-12/h6-7,9,16H,2-5,8H2,1H3,(H,17,19)/t9-/m1/s1. The second kappa shape index (κ2) is 5.92. The number of rotatable bonds is 2. The van der Waals surface area contributed by atoms with Gasteiger partial charge in [0.1, 0.15) is 0 Å². The van der Waals surface area contributed by atoms with Crippen LogP contribution in [-0.2, 0) is 21.2 Å². The molecule has 22 heavy (non-hydrogen) atoms. The Hall–Kier alpha value is -0.960. The fraction of sp³-hybridized carbons (Fsp3) is 0.500. The molecule has 2 heterocycles. The minimum atomic E-state index is -3.58. The monoisotopic (exact) mass is 387 g/mol. The van der Waals surface area contributed by atoms with Gasteiger partial charge in [-0.2, -0.15) is 4.31 Å². The van der Waals surface area contributed by atoms with E-state index in [4.69, 9.17) is 0 Å². The molecule has 2 N–H and O–H groups in total. The van der Waals surface area contributed by atoms with Gasteiger partial charge < -0.3 is 10.6 Å². The maximum Gasteiger partial charge on any atom is 0.244 e. The van der Waals surface area contributed by atoms with Crippen LogP contribution in [0.3, 0.4) is 0 Å². The molecular weight excluding hydrogens is 370 g/mol. The van der Waals surface area contributed by atoms with Gasteiger partial charge >= 0.3 is 0 Å². The summed E-state index contributed by atoms with van der Waals surface area (Å²) in [6.45, 7) is 3.49. The Morgan fingerprint density at radius 1 is 1.32 bits per heavy atom. The van der Waals surface area contributed by atoms with Crippen LogP contribution in [0.4, 0.5) is 5.69 Å². The Kier molecular flexibility index (Phi) is 4.28. The third kappa shape index (κ3) is 2.92. The summed E-state index contributed by atoms with van der Waals surface area (Å²) in [5.74, 6) is -0.0750. The van der Waals surface area contributed by atoms with Crippen LogP contribution in [0.2, 0.25) is 0 Å². The first kappa shape index (κ1) is 15.9. The van der Waals surface area contributed by atoms with Crippen molar-refractivity contribution >= 4 is 37.5 Å². The Labute approximate surface area is 138 Å². The molecule has 0 unspecified atom stereocenters. The molecule has 0 aliphatic carbocycles. The van der Waals surface area contributed by atoms with Crippen LogP contribution in [0.1, 0.15) is 18.9 Å². The van der Waals surface area contributed by atoms with Gasteiger partial charge in [-0.1, -0.05) is 0 Å². The Balaban J connectivity index is 2.00. The van der Waals surface area contributed by atoms with Crippen LogP contribution in [0.15, 0.2) is 21.5 Å². The van der Waals surface area contributed by atoms with Crippen molar-refractivity contribution < 1.29 is 13.2 Å². The molecule has 2 aliphatic heterocycles. The summed E-state index contributed by atoms with van der Waals surface area (Å²) >= 11 is 3.37. The highest BCUT2D eigenvalue weighted by Crippen LogP contribution is 2.33. The number of aryl methyl sites for hydroxylation is 1. The topological polar surface area (TPSA) is 78.5 Å². The SMILES string of the molecule is C[C@@H]1CN(S(=O)(=O)c2cc3c(cc2Br)CCC(=O)N3)CCN1. The Morgan fingerprint density at radius 3 is 2.82 bits per heavy atom. The van der Waals surface area contributed by atoms with Gasteiger partial charge in [0.05, 0.1) is 4.90 Å². The van der Waals surface area contributed by atoms with Gasteiger partial charge in [-0.05, 0) is 47.0 Å². The van der Waals surface area contributed by atoms with Crippen molar-refractivity contribution in [1.82, 2.24) is 9.62 Å². The number of amides is 1. The first-order chi connectivity index (χ1) is 10.4. The number of benzene rings is 1. The number of hydrogen-bond donors (Lipinski definition) is 2. The molecule has 1 atom stereocenters.